The monoisotopic (exact) mass is 452 g/mol. The van der Waals surface area contributed by atoms with Crippen LogP contribution >= 0.6 is 11.6 Å². The molecule has 2 amide bonds. The van der Waals surface area contributed by atoms with Crippen LogP contribution in [0.25, 0.3) is 10.9 Å². The maximum atomic E-state index is 13.0. The van der Waals surface area contributed by atoms with Crippen molar-refractivity contribution in [1.29, 1.82) is 0 Å². The predicted octanol–water partition coefficient (Wildman–Crippen LogP) is 4.35. The Morgan fingerprint density at radius 2 is 1.91 bits per heavy atom. The van der Waals surface area contributed by atoms with Gasteiger partial charge in [-0.05, 0) is 75.5 Å². The lowest BCUT2D eigenvalue weighted by Gasteiger charge is -2.32. The summed E-state index contributed by atoms with van der Waals surface area (Å²) in [4.78, 5) is 29.7. The van der Waals surface area contributed by atoms with E-state index in [1.807, 2.05) is 12.1 Å². The first-order valence-corrected chi connectivity index (χ1v) is 11.4. The largest absolute Gasteiger partial charge is 0.346 e. The summed E-state index contributed by atoms with van der Waals surface area (Å²) in [5, 5.41) is 4.76. The van der Waals surface area contributed by atoms with Gasteiger partial charge in [-0.1, -0.05) is 11.6 Å². The van der Waals surface area contributed by atoms with Gasteiger partial charge in [-0.2, -0.15) is 0 Å². The molecule has 1 saturated heterocycles. The van der Waals surface area contributed by atoms with Gasteiger partial charge in [0.05, 0.1) is 5.92 Å². The van der Waals surface area contributed by atoms with Crippen molar-refractivity contribution in [3.05, 3.63) is 65.3 Å². The molecule has 1 fully saturated rings. The fraction of sp³-hybridized carbons (Fsp3) is 0.360. The summed E-state index contributed by atoms with van der Waals surface area (Å²) < 4.78 is 2.22. The van der Waals surface area contributed by atoms with E-state index in [0.29, 0.717) is 23.7 Å². The van der Waals surface area contributed by atoms with Gasteiger partial charge in [0.15, 0.2) is 0 Å². The van der Waals surface area contributed by atoms with Crippen LogP contribution in [0, 0.1) is 5.92 Å². The number of piperidine rings is 1. The van der Waals surface area contributed by atoms with E-state index in [4.69, 9.17) is 11.6 Å². The summed E-state index contributed by atoms with van der Waals surface area (Å²) in [5.74, 6) is -0.315. The van der Waals surface area contributed by atoms with Crippen molar-refractivity contribution in [3.63, 3.8) is 0 Å². The van der Waals surface area contributed by atoms with E-state index in [-0.39, 0.29) is 17.7 Å². The maximum Gasteiger partial charge on any atom is 0.253 e. The molecule has 0 aliphatic carbocycles. The van der Waals surface area contributed by atoms with Gasteiger partial charge in [0.1, 0.15) is 0 Å². The number of fused-ring (bicyclic) bond motifs is 1. The Morgan fingerprint density at radius 1 is 1.12 bits per heavy atom. The van der Waals surface area contributed by atoms with E-state index < -0.39 is 0 Å². The molecule has 2 heterocycles. The number of carbonyl (C=O) groups excluding carboxylic acids is 2. The molecule has 7 heteroatoms. The number of rotatable bonds is 6. The smallest absolute Gasteiger partial charge is 0.253 e. The van der Waals surface area contributed by atoms with Gasteiger partial charge in [-0.25, -0.2) is 0 Å². The first-order chi connectivity index (χ1) is 15.4. The second-order valence-electron chi connectivity index (χ2n) is 8.67. The number of carbonyl (C=O) groups is 2. The minimum absolute atomic E-state index is 0.0370. The molecule has 0 spiro atoms. The average molecular weight is 453 g/mol. The Kier molecular flexibility index (Phi) is 6.82. The summed E-state index contributed by atoms with van der Waals surface area (Å²) in [6.45, 7) is 2.98. The zero-order valence-corrected chi connectivity index (χ0v) is 19.3. The molecular weight excluding hydrogens is 424 g/mol. The standard InChI is InChI=1S/C25H29ClN4O2/c1-28(2)14-15-29-13-11-19-16-22(9-10-23(19)29)27-24(31)20-4-3-12-30(17-20)25(32)18-5-7-21(26)8-6-18/h5-11,13,16,20H,3-4,12,14-15,17H2,1-2H3,(H,27,31). The SMILES string of the molecule is CN(C)CCn1ccc2cc(NC(=O)C3CCCN(C(=O)c4ccc(Cl)cc4)C3)ccc21. The number of nitrogens with zero attached hydrogens (tertiary/aromatic N) is 3. The van der Waals surface area contributed by atoms with E-state index in [2.05, 4.69) is 47.2 Å². The molecule has 168 valence electrons. The lowest BCUT2D eigenvalue weighted by atomic mass is 9.96. The summed E-state index contributed by atoms with van der Waals surface area (Å²) in [7, 11) is 4.13. The highest BCUT2D eigenvalue weighted by molar-refractivity contribution is 6.30. The second kappa shape index (κ2) is 9.76. The van der Waals surface area contributed by atoms with Crippen LogP contribution in [0.4, 0.5) is 5.69 Å². The van der Waals surface area contributed by atoms with Crippen molar-refractivity contribution in [2.45, 2.75) is 19.4 Å². The third kappa shape index (κ3) is 5.14. The van der Waals surface area contributed by atoms with Crippen LogP contribution in [0.3, 0.4) is 0 Å². The van der Waals surface area contributed by atoms with Gasteiger partial charge in [0, 0.05) is 59.6 Å². The van der Waals surface area contributed by atoms with Gasteiger partial charge in [0.2, 0.25) is 5.91 Å². The Bertz CT molecular complexity index is 1110. The Balaban J connectivity index is 1.40. The molecule has 0 radical (unpaired) electrons. The first-order valence-electron chi connectivity index (χ1n) is 11.0. The number of likely N-dealkylation sites (N-methyl/N-ethyl adjacent to an activating group) is 1. The lowest BCUT2D eigenvalue weighted by Crippen LogP contribution is -2.43. The quantitative estimate of drug-likeness (QED) is 0.605. The highest BCUT2D eigenvalue weighted by Gasteiger charge is 2.29. The third-order valence-electron chi connectivity index (χ3n) is 6.00. The number of halogens is 1. The maximum absolute atomic E-state index is 13.0. The lowest BCUT2D eigenvalue weighted by molar-refractivity contribution is -0.121. The van der Waals surface area contributed by atoms with Gasteiger partial charge in [0.25, 0.3) is 5.91 Å². The summed E-state index contributed by atoms with van der Waals surface area (Å²) in [5.41, 5.74) is 2.54. The second-order valence-corrected chi connectivity index (χ2v) is 9.11. The molecule has 1 unspecified atom stereocenters. The Labute approximate surface area is 193 Å². The van der Waals surface area contributed by atoms with E-state index >= 15 is 0 Å². The van der Waals surface area contributed by atoms with E-state index in [1.165, 1.54) is 0 Å². The van der Waals surface area contributed by atoms with Crippen LogP contribution in [-0.2, 0) is 11.3 Å². The Morgan fingerprint density at radius 3 is 2.66 bits per heavy atom. The predicted molar refractivity (Wildman–Crippen MR) is 129 cm³/mol. The molecule has 1 aliphatic heterocycles. The molecule has 1 aliphatic rings. The average Bonchev–Trinajstić information content (AvgIpc) is 3.20. The Hall–Kier alpha value is -2.83. The third-order valence-corrected chi connectivity index (χ3v) is 6.25. The number of hydrogen-bond acceptors (Lipinski definition) is 3. The molecule has 1 atom stereocenters. The fourth-order valence-corrected chi connectivity index (χ4v) is 4.30. The van der Waals surface area contributed by atoms with Gasteiger partial charge in [-0.3, -0.25) is 9.59 Å². The van der Waals surface area contributed by atoms with Crippen LogP contribution in [-0.4, -0.2) is 59.9 Å². The fourth-order valence-electron chi connectivity index (χ4n) is 4.18. The molecule has 3 aromatic rings. The van der Waals surface area contributed by atoms with E-state index in [1.54, 1.807) is 29.2 Å². The molecule has 1 N–H and O–H groups in total. The van der Waals surface area contributed by atoms with E-state index in [9.17, 15) is 9.59 Å². The molecule has 0 bridgehead atoms. The van der Waals surface area contributed by atoms with E-state index in [0.717, 1.165) is 42.5 Å². The zero-order valence-electron chi connectivity index (χ0n) is 18.6. The number of likely N-dealkylation sites (tertiary alicyclic amines) is 1. The highest BCUT2D eigenvalue weighted by atomic mass is 35.5. The van der Waals surface area contributed by atoms with Crippen LogP contribution < -0.4 is 5.32 Å². The summed E-state index contributed by atoms with van der Waals surface area (Å²) in [6.07, 6.45) is 3.67. The molecule has 4 rings (SSSR count). The van der Waals surface area contributed by atoms with Gasteiger partial charge in [-0.15, -0.1) is 0 Å². The minimum atomic E-state index is -0.222. The van der Waals surface area contributed by atoms with Gasteiger partial charge < -0.3 is 19.7 Å². The number of anilines is 1. The number of amides is 2. The van der Waals surface area contributed by atoms with Crippen molar-refractivity contribution in [2.75, 3.05) is 39.0 Å². The van der Waals surface area contributed by atoms with Crippen LogP contribution in [0.2, 0.25) is 5.02 Å². The summed E-state index contributed by atoms with van der Waals surface area (Å²) >= 11 is 5.93. The molecular formula is C25H29ClN4O2. The van der Waals surface area contributed by atoms with Crippen molar-refractivity contribution in [3.8, 4) is 0 Å². The molecule has 2 aromatic carbocycles. The van der Waals surface area contributed by atoms with Crippen molar-refractivity contribution in [1.82, 2.24) is 14.4 Å². The highest BCUT2D eigenvalue weighted by Crippen LogP contribution is 2.24. The first kappa shape index (κ1) is 22.4. The van der Waals surface area contributed by atoms with Crippen molar-refractivity contribution >= 4 is 40.0 Å². The van der Waals surface area contributed by atoms with Crippen LogP contribution in [0.5, 0.6) is 0 Å². The minimum Gasteiger partial charge on any atom is -0.346 e. The number of hydrogen-bond donors (Lipinski definition) is 1. The van der Waals surface area contributed by atoms with Crippen molar-refractivity contribution < 1.29 is 9.59 Å². The molecule has 1 aromatic heterocycles. The number of aromatic nitrogens is 1. The van der Waals surface area contributed by atoms with Crippen LogP contribution in [0.15, 0.2) is 54.7 Å². The zero-order chi connectivity index (χ0) is 22.7. The normalized spacial score (nSPS) is 16.5. The molecule has 32 heavy (non-hydrogen) atoms. The number of benzene rings is 2. The topological polar surface area (TPSA) is 57.6 Å². The van der Waals surface area contributed by atoms with Gasteiger partial charge >= 0.3 is 0 Å². The molecule has 0 saturated carbocycles. The van der Waals surface area contributed by atoms with Crippen molar-refractivity contribution in [2.24, 2.45) is 5.92 Å². The summed E-state index contributed by atoms with van der Waals surface area (Å²) in [6, 6.07) is 15.0. The van der Waals surface area contributed by atoms with Crippen LogP contribution in [0.1, 0.15) is 23.2 Å². The number of nitrogens with one attached hydrogen (secondary N) is 1. The molecule has 6 nitrogen and oxygen atoms in total.